The SMILES string of the molecule is CCCCCCCCCCCCCCCCNC(=O)[C@@H]1CSC(c2ccc(NS(C)(=O)=O)cc2)N1. The highest BCUT2D eigenvalue weighted by Crippen LogP contribution is 2.33. The summed E-state index contributed by atoms with van der Waals surface area (Å²) in [6.45, 7) is 3.02. The molecular weight excluding hydrogens is 478 g/mol. The van der Waals surface area contributed by atoms with Crippen molar-refractivity contribution in [2.24, 2.45) is 0 Å². The van der Waals surface area contributed by atoms with Crippen LogP contribution in [0, 0.1) is 0 Å². The van der Waals surface area contributed by atoms with E-state index in [0.717, 1.165) is 30.5 Å². The topological polar surface area (TPSA) is 87.3 Å². The third kappa shape index (κ3) is 13.6. The Kier molecular flexibility index (Phi) is 14.8. The van der Waals surface area contributed by atoms with E-state index in [9.17, 15) is 13.2 Å². The quantitative estimate of drug-likeness (QED) is 0.183. The minimum absolute atomic E-state index is 0.0408. The molecule has 1 aliphatic heterocycles. The normalized spacial score (nSPS) is 18.0. The molecule has 0 radical (unpaired) electrons. The number of anilines is 1. The molecule has 1 aliphatic rings. The number of thioether (sulfide) groups is 1. The summed E-state index contributed by atoms with van der Waals surface area (Å²) < 4.78 is 25.1. The first-order valence-corrected chi connectivity index (χ1v) is 16.6. The smallest absolute Gasteiger partial charge is 0.238 e. The van der Waals surface area contributed by atoms with E-state index >= 15 is 0 Å². The van der Waals surface area contributed by atoms with E-state index in [4.69, 9.17) is 0 Å². The Labute approximate surface area is 218 Å². The van der Waals surface area contributed by atoms with E-state index in [1.54, 1.807) is 23.9 Å². The minimum atomic E-state index is -3.28. The summed E-state index contributed by atoms with van der Waals surface area (Å²) in [4.78, 5) is 12.5. The standard InChI is InChI=1S/C27H47N3O3S2/c1-3-4-5-6-7-8-9-10-11-12-13-14-15-16-21-28-26(31)25-22-34-27(29-25)23-17-19-24(20-18-23)30-35(2,32)33/h17-20,25,27,29-30H,3-16,21-22H2,1-2H3,(H,28,31)/t25-,27?/m0/s1. The molecule has 2 atom stereocenters. The molecule has 6 nitrogen and oxygen atoms in total. The minimum Gasteiger partial charge on any atom is -0.355 e. The highest BCUT2D eigenvalue weighted by Gasteiger charge is 2.30. The highest BCUT2D eigenvalue weighted by molar-refractivity contribution is 7.99. The lowest BCUT2D eigenvalue weighted by molar-refractivity contribution is -0.122. The fourth-order valence-electron chi connectivity index (χ4n) is 4.41. The molecule has 8 heteroatoms. The van der Waals surface area contributed by atoms with Gasteiger partial charge in [-0.05, 0) is 24.1 Å². The van der Waals surface area contributed by atoms with Gasteiger partial charge in [0.1, 0.15) is 0 Å². The van der Waals surface area contributed by atoms with Crippen molar-refractivity contribution < 1.29 is 13.2 Å². The molecule has 200 valence electrons. The zero-order chi connectivity index (χ0) is 25.4. The van der Waals surface area contributed by atoms with Gasteiger partial charge in [0.15, 0.2) is 0 Å². The first-order chi connectivity index (χ1) is 16.9. The molecule has 0 saturated carbocycles. The Hall–Kier alpha value is -1.25. The van der Waals surface area contributed by atoms with Gasteiger partial charge in [0.25, 0.3) is 0 Å². The number of carbonyl (C=O) groups excluding carboxylic acids is 1. The van der Waals surface area contributed by atoms with Crippen molar-refractivity contribution in [3.8, 4) is 0 Å². The Morgan fingerprint density at radius 2 is 1.40 bits per heavy atom. The van der Waals surface area contributed by atoms with Gasteiger partial charge in [-0.2, -0.15) is 0 Å². The number of rotatable bonds is 19. The van der Waals surface area contributed by atoms with Crippen LogP contribution in [0.25, 0.3) is 0 Å². The highest BCUT2D eigenvalue weighted by atomic mass is 32.2. The lowest BCUT2D eigenvalue weighted by Crippen LogP contribution is -2.42. The van der Waals surface area contributed by atoms with E-state index in [1.807, 2.05) is 12.1 Å². The maximum absolute atomic E-state index is 12.5. The van der Waals surface area contributed by atoms with Crippen molar-refractivity contribution in [3.63, 3.8) is 0 Å². The third-order valence-electron chi connectivity index (χ3n) is 6.44. The van der Waals surface area contributed by atoms with Crippen LogP contribution in [0.3, 0.4) is 0 Å². The van der Waals surface area contributed by atoms with Crippen molar-refractivity contribution >= 4 is 33.4 Å². The van der Waals surface area contributed by atoms with Gasteiger partial charge in [-0.1, -0.05) is 103 Å². The van der Waals surface area contributed by atoms with Gasteiger partial charge < -0.3 is 5.32 Å². The second-order valence-corrected chi connectivity index (χ2v) is 12.7. The lowest BCUT2D eigenvalue weighted by atomic mass is 10.0. The van der Waals surface area contributed by atoms with Gasteiger partial charge in [0.05, 0.1) is 17.7 Å². The summed E-state index contributed by atoms with van der Waals surface area (Å²) in [5, 5.41) is 6.51. The molecule has 0 bridgehead atoms. The largest absolute Gasteiger partial charge is 0.355 e. The van der Waals surface area contributed by atoms with Crippen molar-refractivity contribution in [3.05, 3.63) is 29.8 Å². The number of hydrogen-bond donors (Lipinski definition) is 3. The Balaban J connectivity index is 1.46. The van der Waals surface area contributed by atoms with Crippen molar-refractivity contribution in [1.29, 1.82) is 0 Å². The maximum atomic E-state index is 12.5. The van der Waals surface area contributed by atoms with Gasteiger partial charge >= 0.3 is 0 Å². The van der Waals surface area contributed by atoms with Crippen LogP contribution in [0.1, 0.15) is 108 Å². The van der Waals surface area contributed by atoms with Gasteiger partial charge in [-0.25, -0.2) is 8.42 Å². The monoisotopic (exact) mass is 525 g/mol. The number of hydrogen-bond acceptors (Lipinski definition) is 5. The van der Waals surface area contributed by atoms with E-state index in [0.29, 0.717) is 5.69 Å². The van der Waals surface area contributed by atoms with Crippen LogP contribution >= 0.6 is 11.8 Å². The van der Waals surface area contributed by atoms with Crippen LogP contribution in [0.15, 0.2) is 24.3 Å². The van der Waals surface area contributed by atoms with Crippen LogP contribution in [0.4, 0.5) is 5.69 Å². The van der Waals surface area contributed by atoms with Crippen LogP contribution in [0.5, 0.6) is 0 Å². The molecule has 2 rings (SSSR count). The number of benzene rings is 1. The summed E-state index contributed by atoms with van der Waals surface area (Å²) in [7, 11) is -3.28. The fraction of sp³-hybridized carbons (Fsp3) is 0.741. The van der Waals surface area contributed by atoms with Gasteiger partial charge in [0.2, 0.25) is 15.9 Å². The second-order valence-electron chi connectivity index (χ2n) is 9.82. The molecular formula is C27H47N3O3S2. The first kappa shape index (κ1) is 30.0. The summed E-state index contributed by atoms with van der Waals surface area (Å²) >= 11 is 1.70. The first-order valence-electron chi connectivity index (χ1n) is 13.6. The molecule has 35 heavy (non-hydrogen) atoms. The number of carbonyl (C=O) groups is 1. The van der Waals surface area contributed by atoms with Gasteiger partial charge in [0, 0.05) is 18.0 Å². The molecule has 1 fully saturated rings. The van der Waals surface area contributed by atoms with Crippen molar-refractivity contribution in [1.82, 2.24) is 10.6 Å². The molecule has 0 spiro atoms. The average molecular weight is 526 g/mol. The Morgan fingerprint density at radius 1 is 0.886 bits per heavy atom. The number of sulfonamides is 1. The molecule has 1 heterocycles. The van der Waals surface area contributed by atoms with E-state index in [1.165, 1.54) is 83.5 Å². The summed E-state index contributed by atoms with van der Waals surface area (Å²) in [6.07, 6.45) is 19.8. The zero-order valence-corrected chi connectivity index (χ0v) is 23.5. The van der Waals surface area contributed by atoms with E-state index < -0.39 is 10.0 Å². The maximum Gasteiger partial charge on any atom is 0.238 e. The Morgan fingerprint density at radius 3 is 1.91 bits per heavy atom. The Bertz CT molecular complexity index is 815. The van der Waals surface area contributed by atoms with E-state index in [2.05, 4.69) is 22.3 Å². The summed E-state index contributed by atoms with van der Waals surface area (Å²) in [6, 6.07) is 7.11. The predicted molar refractivity (Wildman–Crippen MR) is 150 cm³/mol. The predicted octanol–water partition coefficient (Wildman–Crippen LogP) is 6.36. The van der Waals surface area contributed by atoms with Crippen molar-refractivity contribution in [2.45, 2.75) is 108 Å². The second kappa shape index (κ2) is 17.2. The molecule has 1 amide bonds. The number of unbranched alkanes of at least 4 members (excludes halogenated alkanes) is 13. The fourth-order valence-corrected chi connectivity index (χ4v) is 6.22. The molecule has 1 saturated heterocycles. The van der Waals surface area contributed by atoms with E-state index in [-0.39, 0.29) is 17.3 Å². The molecule has 3 N–H and O–H groups in total. The number of amides is 1. The zero-order valence-electron chi connectivity index (χ0n) is 21.8. The van der Waals surface area contributed by atoms with Crippen LogP contribution in [0.2, 0.25) is 0 Å². The van der Waals surface area contributed by atoms with Crippen molar-refractivity contribution in [2.75, 3.05) is 23.3 Å². The number of nitrogens with one attached hydrogen (secondary N) is 3. The van der Waals surface area contributed by atoms with Crippen LogP contribution < -0.4 is 15.4 Å². The third-order valence-corrected chi connectivity index (χ3v) is 8.32. The summed E-state index contributed by atoms with van der Waals surface area (Å²) in [5.41, 5.74) is 1.58. The molecule has 0 aliphatic carbocycles. The van der Waals surface area contributed by atoms with Gasteiger partial charge in [-0.3, -0.25) is 14.8 Å². The van der Waals surface area contributed by atoms with Gasteiger partial charge in [-0.15, -0.1) is 11.8 Å². The molecule has 0 aromatic heterocycles. The molecule has 1 aromatic carbocycles. The average Bonchev–Trinajstić information content (AvgIpc) is 3.31. The molecule has 1 unspecified atom stereocenters. The molecule has 1 aromatic rings. The van der Waals surface area contributed by atoms with Crippen LogP contribution in [-0.2, 0) is 14.8 Å². The summed E-state index contributed by atoms with van der Waals surface area (Å²) in [5.74, 6) is 0.809. The van der Waals surface area contributed by atoms with Crippen LogP contribution in [-0.4, -0.2) is 38.9 Å². The lowest BCUT2D eigenvalue weighted by Gasteiger charge is -2.14.